The minimum absolute atomic E-state index is 0.114. The predicted octanol–water partition coefficient (Wildman–Crippen LogP) is -3.84. The molecule has 0 aliphatic rings. The number of aliphatic carboxylic acids is 1. The fraction of sp³-hybridized carbons (Fsp3) is 0.759. The third-order valence-corrected chi connectivity index (χ3v) is 7.24. The van der Waals surface area contributed by atoms with Gasteiger partial charge in [0.15, 0.2) is 0 Å². The van der Waals surface area contributed by atoms with Crippen LogP contribution in [0.5, 0.6) is 0 Å². The van der Waals surface area contributed by atoms with Crippen LogP contribution in [0.1, 0.15) is 66.7 Å². The predicted molar refractivity (Wildman–Crippen MR) is 170 cm³/mol. The molecule has 47 heavy (non-hydrogen) atoms. The normalized spacial score (nSPS) is 15.5. The molecule has 0 aromatic rings. The van der Waals surface area contributed by atoms with Crippen LogP contribution in [-0.4, -0.2) is 119 Å². The number of nitrogens with two attached hydrogens (primary N) is 2. The van der Waals surface area contributed by atoms with E-state index in [4.69, 9.17) is 16.6 Å². The van der Waals surface area contributed by atoms with Gasteiger partial charge in [-0.25, -0.2) is 4.79 Å². The van der Waals surface area contributed by atoms with Crippen LogP contribution < -0.4 is 43.4 Å². The number of nitrogens with one attached hydrogen (secondary N) is 6. The van der Waals surface area contributed by atoms with Gasteiger partial charge in [0.1, 0.15) is 36.3 Å². The molecule has 0 radical (unpaired) electrons. The highest BCUT2D eigenvalue weighted by atomic mass is 16.4. The highest BCUT2D eigenvalue weighted by molar-refractivity contribution is 5.96. The van der Waals surface area contributed by atoms with Gasteiger partial charge in [-0.1, -0.05) is 34.1 Å². The molecule has 0 spiro atoms. The first kappa shape index (κ1) is 43.1. The van der Waals surface area contributed by atoms with Crippen molar-refractivity contribution in [2.45, 2.75) is 103 Å². The van der Waals surface area contributed by atoms with Crippen molar-refractivity contribution >= 4 is 41.4 Å². The molecule has 0 unspecified atom stereocenters. The number of carbonyl (C=O) groups is 7. The van der Waals surface area contributed by atoms with Crippen LogP contribution >= 0.6 is 0 Å². The average molecular weight is 675 g/mol. The molecule has 0 bridgehead atoms. The Hall–Kier alpha value is -3.87. The van der Waals surface area contributed by atoms with Crippen LogP contribution in [0.4, 0.5) is 0 Å². The zero-order valence-corrected chi connectivity index (χ0v) is 27.8. The van der Waals surface area contributed by atoms with Gasteiger partial charge in [0.05, 0.1) is 19.8 Å². The number of rotatable bonds is 23. The molecule has 0 aromatic heterocycles. The van der Waals surface area contributed by atoms with Crippen molar-refractivity contribution in [3.05, 3.63) is 0 Å². The summed E-state index contributed by atoms with van der Waals surface area (Å²) in [4.78, 5) is 87.6. The fourth-order valence-corrected chi connectivity index (χ4v) is 4.16. The SMILES string of the molecule is CC[C@H](C)[C@H](NC(=O)[C@H](N)CO)C(=O)NCC(=O)N[C@H](CO)C(=O)N[C@H](CC(C)C)C(=O)N[C@H](C)C(=O)N[C@@H](CCCCN)C(=O)O. The van der Waals surface area contributed by atoms with Crippen LogP contribution in [-0.2, 0) is 33.6 Å². The molecule has 0 aliphatic heterocycles. The minimum Gasteiger partial charge on any atom is -0.480 e. The first-order valence-electron chi connectivity index (χ1n) is 15.7. The Labute approximate surface area is 274 Å². The second-order valence-corrected chi connectivity index (χ2v) is 11.8. The summed E-state index contributed by atoms with van der Waals surface area (Å²) in [7, 11) is 0. The van der Waals surface area contributed by atoms with Gasteiger partial charge in [-0.3, -0.25) is 28.8 Å². The maximum atomic E-state index is 13.1. The van der Waals surface area contributed by atoms with Crippen molar-refractivity contribution < 1.29 is 48.9 Å². The summed E-state index contributed by atoms with van der Waals surface area (Å²) in [5.41, 5.74) is 10.9. The van der Waals surface area contributed by atoms with Crippen molar-refractivity contribution in [1.29, 1.82) is 0 Å². The third-order valence-electron chi connectivity index (χ3n) is 7.24. The molecule has 0 saturated heterocycles. The second kappa shape index (κ2) is 22.6. The van der Waals surface area contributed by atoms with Gasteiger partial charge in [-0.15, -0.1) is 0 Å². The number of carboxylic acids is 1. The number of unbranched alkanes of at least 4 members (excludes halogenated alkanes) is 1. The maximum absolute atomic E-state index is 13.1. The monoisotopic (exact) mass is 674 g/mol. The second-order valence-electron chi connectivity index (χ2n) is 11.8. The Morgan fingerprint density at radius 2 is 1.30 bits per heavy atom. The van der Waals surface area contributed by atoms with Gasteiger partial charge in [0, 0.05) is 0 Å². The quantitative estimate of drug-likeness (QED) is 0.0465. The van der Waals surface area contributed by atoms with E-state index in [-0.39, 0.29) is 24.7 Å². The number of hydrogen-bond acceptors (Lipinski definition) is 11. The largest absolute Gasteiger partial charge is 0.480 e. The molecule has 270 valence electrons. The summed E-state index contributed by atoms with van der Waals surface area (Å²) in [6.07, 6.45) is 1.80. The first-order chi connectivity index (χ1) is 22.0. The van der Waals surface area contributed by atoms with Crippen LogP contribution in [0, 0.1) is 11.8 Å². The van der Waals surface area contributed by atoms with Crippen molar-refractivity contribution in [1.82, 2.24) is 31.9 Å². The van der Waals surface area contributed by atoms with E-state index in [9.17, 15) is 43.8 Å². The smallest absolute Gasteiger partial charge is 0.326 e. The third kappa shape index (κ3) is 16.5. The van der Waals surface area contributed by atoms with Crippen LogP contribution in [0.2, 0.25) is 0 Å². The summed E-state index contributed by atoms with van der Waals surface area (Å²) >= 11 is 0. The maximum Gasteiger partial charge on any atom is 0.326 e. The summed E-state index contributed by atoms with van der Waals surface area (Å²) in [6, 6.07) is -7.35. The van der Waals surface area contributed by atoms with Crippen molar-refractivity contribution in [2.75, 3.05) is 26.3 Å². The summed E-state index contributed by atoms with van der Waals surface area (Å²) in [5.74, 6) is -6.45. The van der Waals surface area contributed by atoms with E-state index in [0.29, 0.717) is 25.8 Å². The van der Waals surface area contributed by atoms with E-state index in [1.165, 1.54) is 6.92 Å². The molecular weight excluding hydrogens is 620 g/mol. The van der Waals surface area contributed by atoms with E-state index in [2.05, 4.69) is 31.9 Å². The summed E-state index contributed by atoms with van der Waals surface area (Å²) < 4.78 is 0. The van der Waals surface area contributed by atoms with E-state index < -0.39 is 97.4 Å². The molecule has 6 amide bonds. The molecule has 0 heterocycles. The molecule has 7 atom stereocenters. The number of aliphatic hydroxyl groups is 2. The standard InChI is InChI=1S/C29H54N8O10/c1-6-16(4)23(37-25(42)18(31)13-38)28(45)32-12-22(40)34-21(14-39)27(44)36-20(11-15(2)3)26(43)33-17(5)24(41)35-19(29(46)47)9-7-8-10-30/h15-21,23,38-39H,6-14,30-31H2,1-5H3,(H,32,45)(H,33,43)(H,34,40)(H,35,41)(H,36,44)(H,37,42)(H,46,47)/t16-,17+,18+,19-,20+,21+,23-/m0/s1. The van der Waals surface area contributed by atoms with Crippen molar-refractivity contribution in [3.8, 4) is 0 Å². The Kier molecular flexibility index (Phi) is 20.8. The number of hydrogen-bond donors (Lipinski definition) is 11. The van der Waals surface area contributed by atoms with Gasteiger partial charge >= 0.3 is 5.97 Å². The van der Waals surface area contributed by atoms with E-state index in [1.807, 2.05) is 0 Å². The van der Waals surface area contributed by atoms with Gasteiger partial charge in [0.25, 0.3) is 0 Å². The Bertz CT molecular complexity index is 1060. The molecule has 0 rings (SSSR count). The van der Waals surface area contributed by atoms with Crippen LogP contribution in [0.25, 0.3) is 0 Å². The van der Waals surface area contributed by atoms with Crippen molar-refractivity contribution in [3.63, 3.8) is 0 Å². The number of amides is 6. The number of aliphatic hydroxyl groups excluding tert-OH is 2. The van der Waals surface area contributed by atoms with Gasteiger partial charge in [0.2, 0.25) is 35.4 Å². The zero-order chi connectivity index (χ0) is 36.3. The molecule has 0 aromatic carbocycles. The molecule has 0 fully saturated rings. The first-order valence-corrected chi connectivity index (χ1v) is 15.7. The summed E-state index contributed by atoms with van der Waals surface area (Å²) in [5, 5.41) is 42.6. The lowest BCUT2D eigenvalue weighted by molar-refractivity contribution is -0.142. The van der Waals surface area contributed by atoms with E-state index in [1.54, 1.807) is 27.7 Å². The Balaban J connectivity index is 5.36. The lowest BCUT2D eigenvalue weighted by atomic mass is 9.98. The van der Waals surface area contributed by atoms with E-state index in [0.717, 1.165) is 0 Å². The van der Waals surface area contributed by atoms with Crippen LogP contribution in [0.3, 0.4) is 0 Å². The highest BCUT2D eigenvalue weighted by Gasteiger charge is 2.31. The average Bonchev–Trinajstić information content (AvgIpc) is 3.02. The molecular formula is C29H54N8O10. The van der Waals surface area contributed by atoms with Gasteiger partial charge in [-0.05, 0) is 51.0 Å². The molecule has 18 nitrogen and oxygen atoms in total. The summed E-state index contributed by atoms with van der Waals surface area (Å²) in [6.45, 7) is 6.64. The lowest BCUT2D eigenvalue weighted by Gasteiger charge is -2.26. The Morgan fingerprint density at radius 1 is 0.702 bits per heavy atom. The molecule has 0 aliphatic carbocycles. The highest BCUT2D eigenvalue weighted by Crippen LogP contribution is 2.09. The fourth-order valence-electron chi connectivity index (χ4n) is 4.16. The number of carbonyl (C=O) groups excluding carboxylic acids is 6. The van der Waals surface area contributed by atoms with Crippen LogP contribution in [0.15, 0.2) is 0 Å². The lowest BCUT2D eigenvalue weighted by Crippen LogP contribution is -2.59. The molecule has 0 saturated carbocycles. The van der Waals surface area contributed by atoms with Gasteiger partial charge < -0.3 is 58.7 Å². The molecule has 18 heteroatoms. The Morgan fingerprint density at radius 3 is 1.81 bits per heavy atom. The van der Waals surface area contributed by atoms with Gasteiger partial charge in [-0.2, -0.15) is 0 Å². The molecule has 13 N–H and O–H groups in total. The topological polar surface area (TPSA) is 304 Å². The number of carboxylic acid groups (broad SMARTS) is 1. The van der Waals surface area contributed by atoms with Crippen molar-refractivity contribution in [2.24, 2.45) is 23.3 Å². The van der Waals surface area contributed by atoms with E-state index >= 15 is 0 Å². The zero-order valence-electron chi connectivity index (χ0n) is 27.8. The minimum atomic E-state index is -1.51.